The Morgan fingerprint density at radius 1 is 1.50 bits per heavy atom. The fourth-order valence-corrected chi connectivity index (χ4v) is 1.33. The molecule has 0 aromatic rings. The Bertz CT molecular complexity index is 97.6. The molecule has 1 aliphatic heterocycles. The third-order valence-electron chi connectivity index (χ3n) is 1.92. The summed E-state index contributed by atoms with van der Waals surface area (Å²) in [6, 6.07) is 0. The van der Waals surface area contributed by atoms with Crippen LogP contribution in [0.2, 0.25) is 0 Å². The van der Waals surface area contributed by atoms with E-state index in [4.69, 9.17) is 5.11 Å². The van der Waals surface area contributed by atoms with Crippen molar-refractivity contribution in [1.29, 1.82) is 0 Å². The lowest BCUT2D eigenvalue weighted by Crippen LogP contribution is -2.38. The molecule has 0 spiro atoms. The maximum Gasteiger partial charge on any atom is 0.153 e. The molecule has 1 heterocycles. The number of aliphatic hydroxyl groups excluding tert-OH is 1. The highest BCUT2D eigenvalue weighted by atomic mass is 19.1. The molecule has 1 N–H and O–H groups in total. The summed E-state index contributed by atoms with van der Waals surface area (Å²) >= 11 is 0. The van der Waals surface area contributed by atoms with Gasteiger partial charge in [-0.15, -0.1) is 0 Å². The Labute approximate surface area is 60.6 Å². The van der Waals surface area contributed by atoms with E-state index in [0.717, 1.165) is 19.4 Å². The van der Waals surface area contributed by atoms with E-state index >= 15 is 0 Å². The zero-order chi connectivity index (χ0) is 7.40. The van der Waals surface area contributed by atoms with Crippen molar-refractivity contribution in [2.75, 3.05) is 19.7 Å². The van der Waals surface area contributed by atoms with Crippen LogP contribution in [-0.4, -0.2) is 36.0 Å². The first-order valence-electron chi connectivity index (χ1n) is 3.83. The second-order valence-electron chi connectivity index (χ2n) is 2.69. The highest BCUT2D eigenvalue weighted by Crippen LogP contribution is 2.16. The number of aliphatic hydroxyl groups is 1. The fraction of sp³-hybridized carbons (Fsp3) is 1.00. The molecule has 1 aliphatic rings. The first-order valence-corrected chi connectivity index (χ1v) is 3.83. The lowest BCUT2D eigenvalue weighted by molar-refractivity contribution is 0.0332. The quantitative estimate of drug-likeness (QED) is 0.583. The zero-order valence-electron chi connectivity index (χ0n) is 6.09. The summed E-state index contributed by atoms with van der Waals surface area (Å²) in [6.07, 6.45) is 1.89. The molecule has 1 atom stereocenters. The summed E-state index contributed by atoms with van der Waals surface area (Å²) in [5.74, 6) is 0. The van der Waals surface area contributed by atoms with E-state index in [1.165, 1.54) is 0 Å². The van der Waals surface area contributed by atoms with E-state index in [1.807, 2.05) is 0 Å². The lowest BCUT2D eigenvalue weighted by atomic mass is 10.1. The molecule has 1 rings (SSSR count). The van der Waals surface area contributed by atoms with Crippen molar-refractivity contribution in [1.82, 2.24) is 4.90 Å². The van der Waals surface area contributed by atoms with Crippen LogP contribution in [0.5, 0.6) is 0 Å². The van der Waals surface area contributed by atoms with Gasteiger partial charge in [-0.3, -0.25) is 4.90 Å². The molecular weight excluding hydrogens is 133 g/mol. The lowest BCUT2D eigenvalue weighted by Gasteiger charge is -2.29. The van der Waals surface area contributed by atoms with Crippen LogP contribution in [0.3, 0.4) is 0 Å². The average Bonchev–Trinajstić information content (AvgIpc) is 1.94. The van der Waals surface area contributed by atoms with E-state index < -0.39 is 6.30 Å². The van der Waals surface area contributed by atoms with Gasteiger partial charge in [0.15, 0.2) is 6.30 Å². The molecule has 0 aliphatic carbocycles. The van der Waals surface area contributed by atoms with Gasteiger partial charge in [0, 0.05) is 13.1 Å². The SMILES string of the molecule is OCCN1CCCCC1F. The number of hydrogen-bond donors (Lipinski definition) is 1. The Morgan fingerprint density at radius 2 is 2.30 bits per heavy atom. The minimum atomic E-state index is -0.805. The molecule has 0 radical (unpaired) electrons. The fourth-order valence-electron chi connectivity index (χ4n) is 1.33. The molecule has 3 heteroatoms. The Morgan fingerprint density at radius 3 is 2.90 bits per heavy atom. The number of rotatable bonds is 2. The van der Waals surface area contributed by atoms with Gasteiger partial charge in [-0.25, -0.2) is 4.39 Å². The van der Waals surface area contributed by atoms with Crippen molar-refractivity contribution in [2.45, 2.75) is 25.6 Å². The normalized spacial score (nSPS) is 28.8. The second-order valence-corrected chi connectivity index (χ2v) is 2.69. The second kappa shape index (κ2) is 3.88. The molecule has 0 aromatic heterocycles. The van der Waals surface area contributed by atoms with Crippen molar-refractivity contribution in [3.8, 4) is 0 Å². The summed E-state index contributed by atoms with van der Waals surface area (Å²) in [5.41, 5.74) is 0. The molecule has 0 aromatic carbocycles. The van der Waals surface area contributed by atoms with Crippen LogP contribution < -0.4 is 0 Å². The molecule has 2 nitrogen and oxygen atoms in total. The average molecular weight is 147 g/mol. The summed E-state index contributed by atoms with van der Waals surface area (Å²) < 4.78 is 12.8. The number of alkyl halides is 1. The minimum absolute atomic E-state index is 0.0699. The van der Waals surface area contributed by atoms with Crippen LogP contribution >= 0.6 is 0 Å². The van der Waals surface area contributed by atoms with Crippen LogP contribution in [0.25, 0.3) is 0 Å². The number of β-amino-alcohol motifs (C(OH)–C–C–N with tert-alkyl or cyclic N) is 1. The number of hydrogen-bond acceptors (Lipinski definition) is 2. The zero-order valence-corrected chi connectivity index (χ0v) is 6.09. The van der Waals surface area contributed by atoms with Crippen molar-refractivity contribution < 1.29 is 9.50 Å². The molecule has 60 valence electrons. The molecule has 1 fully saturated rings. The van der Waals surface area contributed by atoms with Crippen molar-refractivity contribution >= 4 is 0 Å². The van der Waals surface area contributed by atoms with E-state index in [-0.39, 0.29) is 6.61 Å². The number of likely N-dealkylation sites (tertiary alicyclic amines) is 1. The van der Waals surface area contributed by atoms with Gasteiger partial charge >= 0.3 is 0 Å². The molecule has 10 heavy (non-hydrogen) atoms. The van der Waals surface area contributed by atoms with Gasteiger partial charge in [-0.2, -0.15) is 0 Å². The largest absolute Gasteiger partial charge is 0.395 e. The van der Waals surface area contributed by atoms with Crippen LogP contribution in [0, 0.1) is 0 Å². The third-order valence-corrected chi connectivity index (χ3v) is 1.92. The van der Waals surface area contributed by atoms with Crippen LogP contribution in [0.4, 0.5) is 4.39 Å². The number of piperidine rings is 1. The highest BCUT2D eigenvalue weighted by molar-refractivity contribution is 4.67. The van der Waals surface area contributed by atoms with Gasteiger partial charge in [0.2, 0.25) is 0 Å². The van der Waals surface area contributed by atoms with Crippen molar-refractivity contribution in [2.24, 2.45) is 0 Å². The summed E-state index contributed by atoms with van der Waals surface area (Å²) in [4.78, 5) is 1.70. The standard InChI is InChI=1S/C7H14FNO/c8-7-3-1-2-4-9(7)5-6-10/h7,10H,1-6H2. The summed E-state index contributed by atoms with van der Waals surface area (Å²) in [5, 5.41) is 8.53. The van der Waals surface area contributed by atoms with E-state index in [2.05, 4.69) is 0 Å². The Hall–Kier alpha value is -0.150. The highest BCUT2D eigenvalue weighted by Gasteiger charge is 2.19. The summed E-state index contributed by atoms with van der Waals surface area (Å²) in [7, 11) is 0. The molecule has 0 bridgehead atoms. The molecule has 0 saturated carbocycles. The first-order chi connectivity index (χ1) is 4.84. The predicted octanol–water partition coefficient (Wildman–Crippen LogP) is 0.760. The maximum atomic E-state index is 12.8. The van der Waals surface area contributed by atoms with Gasteiger partial charge in [0.05, 0.1) is 6.61 Å². The van der Waals surface area contributed by atoms with Gasteiger partial charge in [0.25, 0.3) is 0 Å². The van der Waals surface area contributed by atoms with Gasteiger partial charge < -0.3 is 5.11 Å². The van der Waals surface area contributed by atoms with Gasteiger partial charge in [-0.1, -0.05) is 0 Å². The Kier molecular flexibility index (Phi) is 3.09. The topological polar surface area (TPSA) is 23.5 Å². The monoisotopic (exact) mass is 147 g/mol. The minimum Gasteiger partial charge on any atom is -0.395 e. The number of nitrogens with zero attached hydrogens (tertiary/aromatic N) is 1. The smallest absolute Gasteiger partial charge is 0.153 e. The van der Waals surface area contributed by atoms with Crippen molar-refractivity contribution in [3.05, 3.63) is 0 Å². The predicted molar refractivity (Wildman–Crippen MR) is 37.4 cm³/mol. The molecule has 1 unspecified atom stereocenters. The van der Waals surface area contributed by atoms with E-state index in [9.17, 15) is 4.39 Å². The van der Waals surface area contributed by atoms with Crippen molar-refractivity contribution in [3.63, 3.8) is 0 Å². The van der Waals surface area contributed by atoms with E-state index in [0.29, 0.717) is 13.0 Å². The number of halogens is 1. The third kappa shape index (κ3) is 1.92. The van der Waals surface area contributed by atoms with Crippen LogP contribution in [0.1, 0.15) is 19.3 Å². The van der Waals surface area contributed by atoms with E-state index in [1.54, 1.807) is 4.90 Å². The maximum absolute atomic E-state index is 12.8. The van der Waals surface area contributed by atoms with Crippen LogP contribution in [0.15, 0.2) is 0 Å². The molecule has 0 amide bonds. The molecule has 1 saturated heterocycles. The van der Waals surface area contributed by atoms with Gasteiger partial charge in [0.1, 0.15) is 0 Å². The first kappa shape index (κ1) is 7.95. The van der Waals surface area contributed by atoms with Gasteiger partial charge in [-0.05, 0) is 19.3 Å². The Balaban J connectivity index is 2.25. The summed E-state index contributed by atoms with van der Waals surface area (Å²) in [6.45, 7) is 1.36. The molecular formula is C7H14FNO. The van der Waals surface area contributed by atoms with Crippen LogP contribution in [-0.2, 0) is 0 Å².